The van der Waals surface area contributed by atoms with Gasteiger partial charge in [0.05, 0.1) is 30.4 Å². The molecule has 1 aliphatic heterocycles. The molecule has 3 aromatic rings. The molecule has 0 aromatic carbocycles. The number of aromatic nitrogens is 6. The summed E-state index contributed by atoms with van der Waals surface area (Å²) in [6, 6.07) is 0.223. The monoisotopic (exact) mass is 369 g/mol. The van der Waals surface area contributed by atoms with Crippen LogP contribution in [0.4, 0.5) is 5.82 Å². The van der Waals surface area contributed by atoms with Gasteiger partial charge in [-0.15, -0.1) is 0 Å². The number of hydrogen-bond acceptors (Lipinski definition) is 7. The summed E-state index contributed by atoms with van der Waals surface area (Å²) in [5.74, 6) is 0.488. The first-order valence-electron chi connectivity index (χ1n) is 9.01. The Hall–Kier alpha value is -2.97. The molecule has 0 spiro atoms. The SMILES string of the molecule is COC(=O)Cn1ncc2c(N3CCCC3c3c(C)nn(C)c3C)ncnc21. The standard InChI is InChI=1S/C18H23N7O2/c1-11-16(12(2)23(3)22-11)14-6-5-7-24(14)17-13-8-21-25(9-15(26)27-4)18(13)20-10-19-17/h8,10,14H,5-7,9H2,1-4H3. The molecule has 9 nitrogen and oxygen atoms in total. The van der Waals surface area contributed by atoms with Crippen LogP contribution in [0, 0.1) is 13.8 Å². The van der Waals surface area contributed by atoms with E-state index >= 15 is 0 Å². The Morgan fingerprint density at radius 2 is 2.15 bits per heavy atom. The van der Waals surface area contributed by atoms with Crippen LogP contribution in [0.2, 0.25) is 0 Å². The van der Waals surface area contributed by atoms with Crippen LogP contribution in [0.1, 0.15) is 35.8 Å². The highest BCUT2D eigenvalue weighted by molar-refractivity contribution is 5.87. The van der Waals surface area contributed by atoms with Gasteiger partial charge in [-0.25, -0.2) is 14.6 Å². The Balaban J connectivity index is 1.76. The third kappa shape index (κ3) is 2.83. The maximum absolute atomic E-state index is 11.6. The highest BCUT2D eigenvalue weighted by atomic mass is 16.5. The van der Waals surface area contributed by atoms with Crippen LogP contribution in [-0.2, 0) is 23.1 Å². The molecule has 0 saturated carbocycles. The molecule has 0 radical (unpaired) electrons. The fraction of sp³-hybridized carbons (Fsp3) is 0.500. The Labute approximate surface area is 157 Å². The van der Waals surface area contributed by atoms with Crippen molar-refractivity contribution >= 4 is 22.8 Å². The number of nitrogens with zero attached hydrogens (tertiary/aromatic N) is 7. The van der Waals surface area contributed by atoms with Crippen LogP contribution in [0.3, 0.4) is 0 Å². The molecule has 4 rings (SSSR count). The summed E-state index contributed by atoms with van der Waals surface area (Å²) < 4.78 is 8.23. The smallest absolute Gasteiger partial charge is 0.327 e. The fourth-order valence-corrected chi connectivity index (χ4v) is 4.00. The van der Waals surface area contributed by atoms with Gasteiger partial charge in [0.25, 0.3) is 0 Å². The highest BCUT2D eigenvalue weighted by Gasteiger charge is 2.32. The van der Waals surface area contributed by atoms with Crippen LogP contribution >= 0.6 is 0 Å². The summed E-state index contributed by atoms with van der Waals surface area (Å²) in [7, 11) is 3.34. The molecule has 9 heteroatoms. The molecular weight excluding hydrogens is 346 g/mol. The lowest BCUT2D eigenvalue weighted by molar-refractivity contribution is -0.141. The molecular formula is C18H23N7O2. The van der Waals surface area contributed by atoms with Gasteiger partial charge in [0.1, 0.15) is 18.7 Å². The summed E-state index contributed by atoms with van der Waals surface area (Å²) in [6.07, 6.45) is 5.40. The molecule has 4 heterocycles. The molecule has 0 bridgehead atoms. The van der Waals surface area contributed by atoms with E-state index in [4.69, 9.17) is 4.74 Å². The third-order valence-corrected chi connectivity index (χ3v) is 5.34. The Bertz CT molecular complexity index is 1010. The Kier molecular flexibility index (Phi) is 4.29. The first kappa shape index (κ1) is 17.4. The van der Waals surface area contributed by atoms with E-state index in [1.54, 1.807) is 10.9 Å². The lowest BCUT2D eigenvalue weighted by Crippen LogP contribution is -2.24. The van der Waals surface area contributed by atoms with Gasteiger partial charge in [-0.1, -0.05) is 0 Å². The van der Waals surface area contributed by atoms with Crippen molar-refractivity contribution in [2.24, 2.45) is 7.05 Å². The van der Waals surface area contributed by atoms with Crippen molar-refractivity contribution in [1.82, 2.24) is 29.5 Å². The first-order valence-corrected chi connectivity index (χ1v) is 9.01. The summed E-state index contributed by atoms with van der Waals surface area (Å²) in [6.45, 7) is 5.10. The third-order valence-electron chi connectivity index (χ3n) is 5.34. The van der Waals surface area contributed by atoms with Crippen molar-refractivity contribution in [2.75, 3.05) is 18.6 Å². The van der Waals surface area contributed by atoms with Gasteiger partial charge in [0.15, 0.2) is 5.65 Å². The summed E-state index contributed by atoms with van der Waals surface area (Å²) in [5.41, 5.74) is 4.13. The number of hydrogen-bond donors (Lipinski definition) is 0. The lowest BCUT2D eigenvalue weighted by atomic mass is 10.0. The summed E-state index contributed by atoms with van der Waals surface area (Å²) in [4.78, 5) is 22.8. The van der Waals surface area contributed by atoms with Gasteiger partial charge in [-0.05, 0) is 26.7 Å². The number of carbonyl (C=O) groups is 1. The number of anilines is 1. The number of esters is 1. The molecule has 1 aliphatic rings. The second-order valence-electron chi connectivity index (χ2n) is 6.87. The van der Waals surface area contributed by atoms with Gasteiger partial charge < -0.3 is 9.64 Å². The van der Waals surface area contributed by atoms with Gasteiger partial charge in [0.2, 0.25) is 0 Å². The number of rotatable bonds is 4. The minimum absolute atomic E-state index is 0.0285. The molecule has 0 aliphatic carbocycles. The van der Waals surface area contributed by atoms with E-state index in [1.165, 1.54) is 24.7 Å². The second kappa shape index (κ2) is 6.64. The van der Waals surface area contributed by atoms with Crippen LogP contribution < -0.4 is 4.90 Å². The van der Waals surface area contributed by atoms with Crippen molar-refractivity contribution in [2.45, 2.75) is 39.3 Å². The van der Waals surface area contributed by atoms with Crippen LogP contribution in [0.25, 0.3) is 11.0 Å². The maximum atomic E-state index is 11.6. The van der Waals surface area contributed by atoms with E-state index in [2.05, 4.69) is 38.9 Å². The van der Waals surface area contributed by atoms with Gasteiger partial charge >= 0.3 is 5.97 Å². The molecule has 1 atom stereocenters. The number of carbonyl (C=O) groups excluding carboxylic acids is 1. The average Bonchev–Trinajstić information content (AvgIpc) is 3.34. The predicted octanol–water partition coefficient (Wildman–Crippen LogP) is 1.69. The largest absolute Gasteiger partial charge is 0.468 e. The minimum atomic E-state index is -0.360. The Morgan fingerprint density at radius 3 is 2.85 bits per heavy atom. The van der Waals surface area contributed by atoms with Crippen LogP contribution in [-0.4, -0.2) is 49.2 Å². The van der Waals surface area contributed by atoms with Gasteiger partial charge in [0, 0.05) is 24.8 Å². The van der Waals surface area contributed by atoms with E-state index in [0.717, 1.165) is 36.3 Å². The zero-order valence-electron chi connectivity index (χ0n) is 16.0. The van der Waals surface area contributed by atoms with Crippen molar-refractivity contribution in [3.8, 4) is 0 Å². The van der Waals surface area contributed by atoms with Crippen molar-refractivity contribution in [3.63, 3.8) is 0 Å². The number of ether oxygens (including phenoxy) is 1. The molecule has 1 unspecified atom stereocenters. The minimum Gasteiger partial charge on any atom is -0.468 e. The maximum Gasteiger partial charge on any atom is 0.327 e. The van der Waals surface area contributed by atoms with Gasteiger partial charge in [-0.3, -0.25) is 9.48 Å². The quantitative estimate of drug-likeness (QED) is 0.646. The zero-order valence-corrected chi connectivity index (χ0v) is 16.0. The molecule has 1 saturated heterocycles. The average molecular weight is 369 g/mol. The molecule has 27 heavy (non-hydrogen) atoms. The van der Waals surface area contributed by atoms with Crippen molar-refractivity contribution in [3.05, 3.63) is 29.5 Å². The van der Waals surface area contributed by atoms with Crippen LogP contribution in [0.15, 0.2) is 12.5 Å². The zero-order chi connectivity index (χ0) is 19.1. The van der Waals surface area contributed by atoms with E-state index in [0.29, 0.717) is 5.65 Å². The van der Waals surface area contributed by atoms with E-state index < -0.39 is 0 Å². The topological polar surface area (TPSA) is 91.0 Å². The molecule has 142 valence electrons. The molecule has 0 amide bonds. The van der Waals surface area contributed by atoms with Gasteiger partial charge in [-0.2, -0.15) is 10.2 Å². The van der Waals surface area contributed by atoms with Crippen molar-refractivity contribution < 1.29 is 9.53 Å². The highest BCUT2D eigenvalue weighted by Crippen LogP contribution is 2.39. The fourth-order valence-electron chi connectivity index (χ4n) is 4.00. The van der Waals surface area contributed by atoms with Crippen molar-refractivity contribution in [1.29, 1.82) is 0 Å². The van der Waals surface area contributed by atoms with Crippen LogP contribution in [0.5, 0.6) is 0 Å². The van der Waals surface area contributed by atoms with E-state index in [-0.39, 0.29) is 18.6 Å². The summed E-state index contributed by atoms with van der Waals surface area (Å²) in [5, 5.41) is 9.74. The second-order valence-corrected chi connectivity index (χ2v) is 6.87. The Morgan fingerprint density at radius 1 is 1.33 bits per heavy atom. The number of fused-ring (bicyclic) bond motifs is 1. The van der Waals surface area contributed by atoms with E-state index in [1.807, 2.05) is 11.7 Å². The molecule has 1 fully saturated rings. The normalized spacial score (nSPS) is 17.0. The number of methoxy groups -OCH3 is 1. The predicted molar refractivity (Wildman–Crippen MR) is 99.3 cm³/mol. The lowest BCUT2D eigenvalue weighted by Gasteiger charge is -2.26. The van der Waals surface area contributed by atoms with E-state index in [9.17, 15) is 4.79 Å². The molecule has 0 N–H and O–H groups in total. The molecule has 3 aromatic heterocycles. The first-order chi connectivity index (χ1) is 13.0. The summed E-state index contributed by atoms with van der Waals surface area (Å²) >= 11 is 0. The number of aryl methyl sites for hydroxylation is 2.